The molecule has 2 aliphatic rings. The van der Waals surface area contributed by atoms with E-state index in [0.717, 1.165) is 34.4 Å². The van der Waals surface area contributed by atoms with Gasteiger partial charge in [-0.05, 0) is 30.2 Å². The molecular formula is C24H22N4O2. The highest BCUT2D eigenvalue weighted by Gasteiger charge is 2.50. The van der Waals surface area contributed by atoms with Gasteiger partial charge < -0.3 is 0 Å². The van der Waals surface area contributed by atoms with Crippen LogP contribution in [0.5, 0.6) is 0 Å². The summed E-state index contributed by atoms with van der Waals surface area (Å²) in [4.78, 5) is 31.5. The number of rotatable bonds is 3. The summed E-state index contributed by atoms with van der Waals surface area (Å²) >= 11 is 0. The summed E-state index contributed by atoms with van der Waals surface area (Å²) in [5, 5.41) is 8.29. The number of H-pyrrole nitrogens is 1. The van der Waals surface area contributed by atoms with Crippen LogP contribution in [0.25, 0.3) is 10.8 Å². The van der Waals surface area contributed by atoms with Crippen molar-refractivity contribution in [3.05, 3.63) is 88.3 Å². The Morgan fingerprint density at radius 3 is 2.80 bits per heavy atom. The summed E-state index contributed by atoms with van der Waals surface area (Å²) in [7, 11) is 0. The monoisotopic (exact) mass is 398 g/mol. The number of hydrogen-bond acceptors (Lipinski definition) is 4. The Kier molecular flexibility index (Phi) is 4.17. The second kappa shape index (κ2) is 6.76. The summed E-state index contributed by atoms with van der Waals surface area (Å²) in [5.41, 5.74) is 2.84. The van der Waals surface area contributed by atoms with E-state index in [1.54, 1.807) is 18.5 Å². The maximum Gasteiger partial charge on any atom is 0.272 e. The molecule has 1 unspecified atom stereocenters. The quantitative estimate of drug-likeness (QED) is 0.729. The standard InChI is InChI=1S/C24H22N4O2/c1-24(2)19-9-5-6-10-21(19)28(23(24)30)16-11-15(13-25-14-16)12-20-17-7-3-4-8-18(17)22(29)27-26-20/h3-8,10-11,13-14,19H,9,12H2,1-2H3,(H,27,29). The predicted molar refractivity (Wildman–Crippen MR) is 116 cm³/mol. The van der Waals surface area contributed by atoms with E-state index in [1.807, 2.05) is 55.2 Å². The molecule has 1 atom stereocenters. The number of amides is 1. The predicted octanol–water partition coefficient (Wildman–Crippen LogP) is 3.74. The fourth-order valence-corrected chi connectivity index (χ4v) is 4.53. The molecule has 6 nitrogen and oxygen atoms in total. The minimum atomic E-state index is -0.455. The first-order valence-electron chi connectivity index (χ1n) is 10.1. The molecule has 0 radical (unpaired) electrons. The fraction of sp³-hybridized carbons (Fsp3) is 0.250. The molecule has 30 heavy (non-hydrogen) atoms. The summed E-state index contributed by atoms with van der Waals surface area (Å²) in [5.74, 6) is 0.262. The highest BCUT2D eigenvalue weighted by Crippen LogP contribution is 2.48. The van der Waals surface area contributed by atoms with E-state index in [2.05, 4.69) is 21.3 Å². The minimum Gasteiger partial charge on any atom is -0.282 e. The highest BCUT2D eigenvalue weighted by molar-refractivity contribution is 6.04. The van der Waals surface area contributed by atoms with Crippen LogP contribution in [0.3, 0.4) is 0 Å². The van der Waals surface area contributed by atoms with Gasteiger partial charge in [0.05, 0.1) is 28.4 Å². The Morgan fingerprint density at radius 1 is 1.17 bits per heavy atom. The van der Waals surface area contributed by atoms with Crippen LogP contribution in [0.1, 0.15) is 31.5 Å². The maximum absolute atomic E-state index is 13.3. The number of aromatic amines is 1. The zero-order chi connectivity index (χ0) is 20.9. The van der Waals surface area contributed by atoms with Crippen molar-refractivity contribution < 1.29 is 4.79 Å². The van der Waals surface area contributed by atoms with Crippen LogP contribution in [0.15, 0.2) is 71.4 Å². The molecule has 1 N–H and O–H groups in total. The number of carbonyl (C=O) groups is 1. The second-order valence-electron chi connectivity index (χ2n) is 8.44. The normalized spacial score (nSPS) is 19.8. The van der Waals surface area contributed by atoms with Crippen LogP contribution < -0.4 is 10.5 Å². The number of pyridine rings is 1. The number of aromatic nitrogens is 3. The zero-order valence-corrected chi connectivity index (χ0v) is 16.9. The molecule has 1 amide bonds. The molecule has 1 aliphatic carbocycles. The number of allylic oxidation sites excluding steroid dienone is 4. The first-order valence-corrected chi connectivity index (χ1v) is 10.1. The van der Waals surface area contributed by atoms with E-state index in [9.17, 15) is 9.59 Å². The average molecular weight is 398 g/mol. The third-order valence-corrected chi connectivity index (χ3v) is 6.20. The van der Waals surface area contributed by atoms with Crippen LogP contribution >= 0.6 is 0 Å². The fourth-order valence-electron chi connectivity index (χ4n) is 4.53. The van der Waals surface area contributed by atoms with Gasteiger partial charge in [0.2, 0.25) is 5.91 Å². The van der Waals surface area contributed by atoms with Crippen LogP contribution in [-0.4, -0.2) is 21.1 Å². The van der Waals surface area contributed by atoms with Crippen molar-refractivity contribution in [2.24, 2.45) is 11.3 Å². The molecule has 1 aliphatic heterocycles. The van der Waals surface area contributed by atoms with Gasteiger partial charge in [-0.2, -0.15) is 5.10 Å². The molecule has 1 saturated heterocycles. The van der Waals surface area contributed by atoms with E-state index < -0.39 is 5.41 Å². The molecule has 1 aromatic carbocycles. The Balaban J connectivity index is 1.54. The van der Waals surface area contributed by atoms with Crippen LogP contribution in [0.4, 0.5) is 5.69 Å². The Bertz CT molecular complexity index is 1290. The highest BCUT2D eigenvalue weighted by atomic mass is 16.2. The molecule has 0 spiro atoms. The zero-order valence-electron chi connectivity index (χ0n) is 16.9. The van der Waals surface area contributed by atoms with Crippen molar-refractivity contribution in [3.63, 3.8) is 0 Å². The number of hydrogen-bond donors (Lipinski definition) is 1. The lowest BCUT2D eigenvalue weighted by Crippen LogP contribution is -2.31. The first kappa shape index (κ1) is 18.5. The third kappa shape index (κ3) is 2.79. The Labute approximate surface area is 174 Å². The summed E-state index contributed by atoms with van der Waals surface area (Å²) < 4.78 is 0. The maximum atomic E-state index is 13.3. The van der Waals surface area contributed by atoms with Gasteiger partial charge in [-0.3, -0.25) is 19.5 Å². The van der Waals surface area contributed by atoms with E-state index in [1.165, 1.54) is 0 Å². The van der Waals surface area contributed by atoms with Crippen LogP contribution in [0, 0.1) is 11.3 Å². The molecule has 0 saturated carbocycles. The van der Waals surface area contributed by atoms with E-state index >= 15 is 0 Å². The SMILES string of the molecule is CC1(C)C(=O)N(c2cncc(Cc3n[nH]c(=O)c4ccccc34)c2)C2=CC=CCC21. The number of fused-ring (bicyclic) bond motifs is 2. The van der Waals surface area contributed by atoms with Crippen LogP contribution in [-0.2, 0) is 11.2 Å². The van der Waals surface area contributed by atoms with E-state index in [-0.39, 0.29) is 17.4 Å². The summed E-state index contributed by atoms with van der Waals surface area (Å²) in [6.07, 6.45) is 11.0. The first-order chi connectivity index (χ1) is 14.5. The average Bonchev–Trinajstić information content (AvgIpc) is 2.96. The molecule has 3 heterocycles. The van der Waals surface area contributed by atoms with Gasteiger partial charge in [0.1, 0.15) is 0 Å². The van der Waals surface area contributed by atoms with Gasteiger partial charge in [-0.25, -0.2) is 5.10 Å². The molecular weight excluding hydrogens is 376 g/mol. The molecule has 150 valence electrons. The minimum absolute atomic E-state index is 0.0917. The number of benzene rings is 1. The van der Waals surface area contributed by atoms with Crippen molar-refractivity contribution in [1.29, 1.82) is 0 Å². The Hall–Kier alpha value is -3.54. The number of nitrogens with zero attached hydrogens (tertiary/aromatic N) is 3. The van der Waals surface area contributed by atoms with Crippen LogP contribution in [0.2, 0.25) is 0 Å². The smallest absolute Gasteiger partial charge is 0.272 e. The van der Waals surface area contributed by atoms with Gasteiger partial charge >= 0.3 is 0 Å². The molecule has 0 bridgehead atoms. The lowest BCUT2D eigenvalue weighted by atomic mass is 9.77. The number of nitrogens with one attached hydrogen (secondary N) is 1. The second-order valence-corrected chi connectivity index (χ2v) is 8.44. The number of anilines is 1. The van der Waals surface area contributed by atoms with Crippen molar-refractivity contribution >= 4 is 22.4 Å². The molecule has 5 rings (SSSR count). The molecule has 1 fully saturated rings. The van der Waals surface area contributed by atoms with Gasteiger partial charge in [0.15, 0.2) is 0 Å². The van der Waals surface area contributed by atoms with Gasteiger partial charge in [0.25, 0.3) is 5.56 Å². The topological polar surface area (TPSA) is 79.0 Å². The van der Waals surface area contributed by atoms with E-state index in [4.69, 9.17) is 0 Å². The molecule has 2 aromatic heterocycles. The molecule has 6 heteroatoms. The lowest BCUT2D eigenvalue weighted by Gasteiger charge is -2.23. The Morgan fingerprint density at radius 2 is 1.97 bits per heavy atom. The van der Waals surface area contributed by atoms with Crippen molar-refractivity contribution in [3.8, 4) is 0 Å². The van der Waals surface area contributed by atoms with Gasteiger partial charge in [0, 0.05) is 29.6 Å². The van der Waals surface area contributed by atoms with Gasteiger partial charge in [-0.1, -0.05) is 44.2 Å². The molecule has 3 aromatic rings. The summed E-state index contributed by atoms with van der Waals surface area (Å²) in [6.45, 7) is 4.03. The number of carbonyl (C=O) groups excluding carboxylic acids is 1. The van der Waals surface area contributed by atoms with Crippen molar-refractivity contribution in [2.75, 3.05) is 4.90 Å². The van der Waals surface area contributed by atoms with Crippen molar-refractivity contribution in [1.82, 2.24) is 15.2 Å². The lowest BCUT2D eigenvalue weighted by molar-refractivity contribution is -0.125. The largest absolute Gasteiger partial charge is 0.282 e. The third-order valence-electron chi connectivity index (χ3n) is 6.20. The van der Waals surface area contributed by atoms with Gasteiger partial charge in [-0.15, -0.1) is 0 Å². The van der Waals surface area contributed by atoms with Crippen molar-refractivity contribution in [2.45, 2.75) is 26.7 Å². The summed E-state index contributed by atoms with van der Waals surface area (Å²) in [6, 6.07) is 9.43. The van der Waals surface area contributed by atoms with E-state index in [0.29, 0.717) is 11.8 Å².